The number of carbonyl (C=O) groups is 1. The molecule has 0 bridgehead atoms. The second kappa shape index (κ2) is 5.72. The number of hydrogen-bond acceptors (Lipinski definition) is 1. The van der Waals surface area contributed by atoms with E-state index in [9.17, 15) is 4.79 Å². The highest BCUT2D eigenvalue weighted by Crippen LogP contribution is 2.29. The molecule has 3 aromatic rings. The normalized spacial score (nSPS) is 12.9. The van der Waals surface area contributed by atoms with E-state index in [1.54, 1.807) is 0 Å². The maximum Gasteiger partial charge on any atom is 0.137 e. The summed E-state index contributed by atoms with van der Waals surface area (Å²) in [5.74, 6) is 0.525. The second-order valence-electron chi connectivity index (χ2n) is 5.71. The molecule has 1 heterocycles. The summed E-state index contributed by atoms with van der Waals surface area (Å²) in [6, 6.07) is 16.9. The van der Waals surface area contributed by atoms with Gasteiger partial charge in [-0.25, -0.2) is 0 Å². The van der Waals surface area contributed by atoms with E-state index in [0.29, 0.717) is 12.2 Å². The van der Waals surface area contributed by atoms with E-state index in [1.165, 1.54) is 21.8 Å². The Kier molecular flexibility index (Phi) is 3.78. The van der Waals surface area contributed by atoms with Crippen LogP contribution in [0.3, 0.4) is 0 Å². The third-order valence-electron chi connectivity index (χ3n) is 4.42. The molecule has 1 unspecified atom stereocenters. The molecule has 108 valence electrons. The van der Waals surface area contributed by atoms with E-state index in [0.717, 1.165) is 13.0 Å². The number of carbonyl (C=O) groups excluding carboxylic acids is 1. The number of rotatable bonds is 5. The molecule has 1 aromatic heterocycles. The van der Waals surface area contributed by atoms with Gasteiger partial charge in [-0.05, 0) is 18.6 Å². The molecule has 2 heteroatoms. The minimum Gasteiger partial charge on any atom is -0.340 e. The summed E-state index contributed by atoms with van der Waals surface area (Å²) >= 11 is 0. The van der Waals surface area contributed by atoms with Crippen molar-refractivity contribution in [1.29, 1.82) is 0 Å². The molecule has 0 amide bonds. The van der Waals surface area contributed by atoms with Gasteiger partial charge in [-0.3, -0.25) is 4.79 Å². The first-order valence-corrected chi connectivity index (χ1v) is 7.71. The van der Waals surface area contributed by atoms with Crippen LogP contribution in [0, 0.1) is 5.92 Å². The molecule has 0 aliphatic carbocycles. The van der Waals surface area contributed by atoms with Crippen LogP contribution in [0.2, 0.25) is 0 Å². The van der Waals surface area contributed by atoms with Crippen LogP contribution < -0.4 is 0 Å². The number of Topliss-reactive ketones (excluding diaryl/α,β-unsaturated/α-hetero) is 1. The second-order valence-corrected chi connectivity index (χ2v) is 5.71. The van der Waals surface area contributed by atoms with Crippen molar-refractivity contribution >= 4 is 27.6 Å². The van der Waals surface area contributed by atoms with Gasteiger partial charge in [0.25, 0.3) is 0 Å². The molecule has 2 aromatic carbocycles. The van der Waals surface area contributed by atoms with Crippen molar-refractivity contribution in [2.75, 3.05) is 0 Å². The van der Waals surface area contributed by atoms with E-state index in [4.69, 9.17) is 0 Å². The number of hydrogen-bond donors (Lipinski definition) is 0. The van der Waals surface area contributed by atoms with Crippen molar-refractivity contribution in [3.05, 3.63) is 48.5 Å². The summed E-state index contributed by atoms with van der Waals surface area (Å²) in [7, 11) is 0. The fourth-order valence-electron chi connectivity index (χ4n) is 2.94. The molecule has 0 aliphatic heterocycles. The van der Waals surface area contributed by atoms with E-state index >= 15 is 0 Å². The van der Waals surface area contributed by atoms with Crippen LogP contribution in [0.4, 0.5) is 0 Å². The topological polar surface area (TPSA) is 22.0 Å². The van der Waals surface area contributed by atoms with Gasteiger partial charge in [-0.15, -0.1) is 0 Å². The van der Waals surface area contributed by atoms with Gasteiger partial charge in [0.15, 0.2) is 0 Å². The minimum absolute atomic E-state index is 0.165. The van der Waals surface area contributed by atoms with Gasteiger partial charge in [0, 0.05) is 40.7 Å². The van der Waals surface area contributed by atoms with Crippen LogP contribution in [0.15, 0.2) is 48.5 Å². The molecule has 3 rings (SSSR count). The lowest BCUT2D eigenvalue weighted by Crippen LogP contribution is -2.12. The van der Waals surface area contributed by atoms with Crippen molar-refractivity contribution in [3.63, 3.8) is 0 Å². The third kappa shape index (κ3) is 2.46. The molecule has 1 atom stereocenters. The Morgan fingerprint density at radius 2 is 1.52 bits per heavy atom. The third-order valence-corrected chi connectivity index (χ3v) is 4.42. The van der Waals surface area contributed by atoms with E-state index < -0.39 is 0 Å². The number of benzene rings is 2. The van der Waals surface area contributed by atoms with Gasteiger partial charge in [-0.1, -0.05) is 50.2 Å². The van der Waals surface area contributed by atoms with Crippen LogP contribution in [0.1, 0.15) is 26.7 Å². The fraction of sp³-hybridized carbons (Fsp3) is 0.316. The van der Waals surface area contributed by atoms with Gasteiger partial charge in [0.2, 0.25) is 0 Å². The summed E-state index contributed by atoms with van der Waals surface area (Å²) in [4.78, 5) is 12.1. The lowest BCUT2D eigenvalue weighted by Gasteiger charge is -2.10. The van der Waals surface area contributed by atoms with E-state index in [2.05, 4.69) is 60.0 Å². The Morgan fingerprint density at radius 3 is 2.05 bits per heavy atom. The lowest BCUT2D eigenvalue weighted by atomic mass is 10.0. The van der Waals surface area contributed by atoms with Crippen molar-refractivity contribution < 1.29 is 4.79 Å². The SMILES string of the molecule is CCC(C)C(=O)CCn1c2ccccc2c2ccccc21. The van der Waals surface area contributed by atoms with Crippen LogP contribution in [-0.4, -0.2) is 10.4 Å². The summed E-state index contributed by atoms with van der Waals surface area (Å²) < 4.78 is 2.28. The Hall–Kier alpha value is -2.09. The van der Waals surface area contributed by atoms with Crippen LogP contribution in [0.25, 0.3) is 21.8 Å². The molecule has 0 radical (unpaired) electrons. The van der Waals surface area contributed by atoms with Gasteiger partial charge in [0.1, 0.15) is 5.78 Å². The van der Waals surface area contributed by atoms with Crippen molar-refractivity contribution in [1.82, 2.24) is 4.57 Å². The standard InChI is InChI=1S/C19H21NO/c1-3-14(2)19(21)12-13-20-17-10-6-4-8-15(17)16-9-5-7-11-18(16)20/h4-11,14H,3,12-13H2,1-2H3. The van der Waals surface area contributed by atoms with Gasteiger partial charge >= 0.3 is 0 Å². The van der Waals surface area contributed by atoms with E-state index in [-0.39, 0.29) is 5.92 Å². The van der Waals surface area contributed by atoms with E-state index in [1.807, 2.05) is 6.92 Å². The lowest BCUT2D eigenvalue weighted by molar-refractivity contribution is -0.122. The molecular weight excluding hydrogens is 258 g/mol. The average molecular weight is 279 g/mol. The largest absolute Gasteiger partial charge is 0.340 e. The van der Waals surface area contributed by atoms with Crippen molar-refractivity contribution in [2.45, 2.75) is 33.2 Å². The Balaban J connectivity index is 2.02. The first kappa shape index (κ1) is 13.9. The predicted octanol–water partition coefficient (Wildman–Crippen LogP) is 4.80. The summed E-state index contributed by atoms with van der Waals surface area (Å²) in [6.45, 7) is 4.86. The number of fused-ring (bicyclic) bond motifs is 3. The molecule has 0 N–H and O–H groups in total. The van der Waals surface area contributed by atoms with Gasteiger partial charge < -0.3 is 4.57 Å². The number of para-hydroxylation sites is 2. The molecule has 0 spiro atoms. The fourth-order valence-corrected chi connectivity index (χ4v) is 2.94. The summed E-state index contributed by atoms with van der Waals surface area (Å²) in [5, 5.41) is 2.54. The highest BCUT2D eigenvalue weighted by molar-refractivity contribution is 6.08. The van der Waals surface area contributed by atoms with Crippen LogP contribution in [0.5, 0.6) is 0 Å². The van der Waals surface area contributed by atoms with Crippen LogP contribution >= 0.6 is 0 Å². The maximum absolute atomic E-state index is 12.1. The zero-order chi connectivity index (χ0) is 14.8. The molecule has 21 heavy (non-hydrogen) atoms. The Labute approximate surface area is 125 Å². The van der Waals surface area contributed by atoms with Gasteiger partial charge in [-0.2, -0.15) is 0 Å². The smallest absolute Gasteiger partial charge is 0.137 e. The number of aryl methyl sites for hydroxylation is 1. The quantitative estimate of drug-likeness (QED) is 0.657. The summed E-state index contributed by atoms with van der Waals surface area (Å²) in [5.41, 5.74) is 2.44. The zero-order valence-electron chi connectivity index (χ0n) is 12.7. The first-order valence-electron chi connectivity index (χ1n) is 7.71. The number of aromatic nitrogens is 1. The zero-order valence-corrected chi connectivity index (χ0v) is 12.7. The predicted molar refractivity (Wildman–Crippen MR) is 88.5 cm³/mol. The number of nitrogens with zero attached hydrogens (tertiary/aromatic N) is 1. The maximum atomic E-state index is 12.1. The highest BCUT2D eigenvalue weighted by atomic mass is 16.1. The molecule has 2 nitrogen and oxygen atoms in total. The van der Waals surface area contributed by atoms with Crippen molar-refractivity contribution in [2.24, 2.45) is 5.92 Å². The summed E-state index contributed by atoms with van der Waals surface area (Å²) in [6.07, 6.45) is 1.53. The highest BCUT2D eigenvalue weighted by Gasteiger charge is 2.13. The van der Waals surface area contributed by atoms with Gasteiger partial charge in [0.05, 0.1) is 0 Å². The average Bonchev–Trinajstić information content (AvgIpc) is 2.86. The van der Waals surface area contributed by atoms with Crippen molar-refractivity contribution in [3.8, 4) is 0 Å². The molecule has 0 saturated carbocycles. The minimum atomic E-state index is 0.165. The monoisotopic (exact) mass is 279 g/mol. The Bertz CT molecular complexity index is 731. The Morgan fingerprint density at radius 1 is 1.00 bits per heavy atom. The molecule has 0 aliphatic rings. The molecule has 0 fully saturated rings. The van der Waals surface area contributed by atoms with Crippen LogP contribution in [-0.2, 0) is 11.3 Å². The first-order chi connectivity index (χ1) is 10.2. The molecule has 0 saturated heterocycles. The number of ketones is 1. The molecular formula is C19H21NO.